The lowest BCUT2D eigenvalue weighted by Gasteiger charge is -2.14. The number of hydrogen-bond donors (Lipinski definition) is 1. The Bertz CT molecular complexity index is 581. The summed E-state index contributed by atoms with van der Waals surface area (Å²) in [5.74, 6) is 0.925. The first-order valence-electron chi connectivity index (χ1n) is 7.60. The van der Waals surface area contributed by atoms with Gasteiger partial charge in [-0.25, -0.2) is 0 Å². The number of ether oxygens (including phenoxy) is 1. The Balaban J connectivity index is 2.07. The molecule has 0 aliphatic rings. The average molecular weight is 427 g/mol. The first kappa shape index (κ1) is 17.5. The lowest BCUT2D eigenvalue weighted by molar-refractivity contribution is 0.306. The van der Waals surface area contributed by atoms with Crippen molar-refractivity contribution in [2.24, 2.45) is 5.73 Å². The molecule has 0 spiro atoms. The highest BCUT2D eigenvalue weighted by Gasteiger charge is 2.12. The Kier molecular flexibility index (Phi) is 7.43. The largest absolute Gasteiger partial charge is 0.493 e. The second-order valence-corrected chi connectivity index (χ2v) is 6.85. The molecule has 4 heteroatoms. The molecule has 118 valence electrons. The molecule has 0 fully saturated rings. The van der Waals surface area contributed by atoms with E-state index in [9.17, 15) is 0 Å². The van der Waals surface area contributed by atoms with Crippen LogP contribution in [0.25, 0.3) is 11.1 Å². The van der Waals surface area contributed by atoms with Crippen molar-refractivity contribution >= 4 is 31.9 Å². The molecule has 0 bridgehead atoms. The minimum absolute atomic E-state index is 0.740. The normalized spacial score (nSPS) is 10.7. The summed E-state index contributed by atoms with van der Waals surface area (Å²) in [6.45, 7) is 1.52. The highest BCUT2D eigenvalue weighted by molar-refractivity contribution is 9.11. The molecular formula is C18H21Br2NO. The third-order valence-corrected chi connectivity index (χ3v) is 4.80. The number of benzene rings is 2. The van der Waals surface area contributed by atoms with E-state index in [-0.39, 0.29) is 0 Å². The zero-order valence-corrected chi connectivity index (χ0v) is 15.7. The predicted octanol–water partition coefficient (Wildman–Crippen LogP) is 5.78. The molecule has 0 unspecified atom stereocenters. The minimum atomic E-state index is 0.740. The average Bonchev–Trinajstić information content (AvgIpc) is 2.52. The molecule has 2 rings (SSSR count). The quantitative estimate of drug-likeness (QED) is 0.543. The third kappa shape index (κ3) is 4.83. The lowest BCUT2D eigenvalue weighted by Crippen LogP contribution is -2.01. The van der Waals surface area contributed by atoms with Crippen LogP contribution in [0, 0.1) is 0 Å². The molecule has 2 nitrogen and oxygen atoms in total. The van der Waals surface area contributed by atoms with Crippen molar-refractivity contribution in [3.63, 3.8) is 0 Å². The number of unbranched alkanes of at least 4 members (excludes halogenated alkanes) is 3. The van der Waals surface area contributed by atoms with Gasteiger partial charge >= 0.3 is 0 Å². The molecule has 2 N–H and O–H groups in total. The Hall–Kier alpha value is -0.840. The van der Waals surface area contributed by atoms with Crippen LogP contribution >= 0.6 is 31.9 Å². The predicted molar refractivity (Wildman–Crippen MR) is 100 cm³/mol. The van der Waals surface area contributed by atoms with Crippen LogP contribution in [0.15, 0.2) is 51.4 Å². The van der Waals surface area contributed by atoms with E-state index in [0.29, 0.717) is 0 Å². The fourth-order valence-corrected chi connectivity index (χ4v) is 3.76. The monoisotopic (exact) mass is 425 g/mol. The van der Waals surface area contributed by atoms with Crippen LogP contribution in [-0.4, -0.2) is 13.2 Å². The van der Waals surface area contributed by atoms with Crippen molar-refractivity contribution in [3.05, 3.63) is 51.4 Å². The van der Waals surface area contributed by atoms with Gasteiger partial charge in [0.2, 0.25) is 0 Å². The van der Waals surface area contributed by atoms with Crippen LogP contribution < -0.4 is 10.5 Å². The van der Waals surface area contributed by atoms with Crippen molar-refractivity contribution in [2.75, 3.05) is 13.2 Å². The standard InChI is InChI=1S/C18H21Br2NO/c19-15-9-7-10-16(20)18(15)14-8-3-4-11-17(14)22-13-6-2-1-5-12-21/h3-4,7-11H,1-2,5-6,12-13,21H2. The van der Waals surface area contributed by atoms with Gasteiger partial charge in [0.25, 0.3) is 0 Å². The highest BCUT2D eigenvalue weighted by atomic mass is 79.9. The molecule has 0 atom stereocenters. The van der Waals surface area contributed by atoms with E-state index in [1.807, 2.05) is 36.4 Å². The highest BCUT2D eigenvalue weighted by Crippen LogP contribution is 2.39. The van der Waals surface area contributed by atoms with Crippen LogP contribution in [0.5, 0.6) is 5.75 Å². The van der Waals surface area contributed by atoms with E-state index >= 15 is 0 Å². The number of halogens is 2. The van der Waals surface area contributed by atoms with Crippen molar-refractivity contribution in [2.45, 2.75) is 25.7 Å². The van der Waals surface area contributed by atoms with Gasteiger partial charge in [0.1, 0.15) is 5.75 Å². The SMILES string of the molecule is NCCCCCCOc1ccccc1-c1c(Br)cccc1Br. The Morgan fingerprint density at radius 2 is 1.50 bits per heavy atom. The summed E-state index contributed by atoms with van der Waals surface area (Å²) in [7, 11) is 0. The molecular weight excluding hydrogens is 406 g/mol. The van der Waals surface area contributed by atoms with Crippen molar-refractivity contribution in [1.29, 1.82) is 0 Å². The van der Waals surface area contributed by atoms with Gasteiger partial charge in [0.15, 0.2) is 0 Å². The molecule has 2 aromatic carbocycles. The van der Waals surface area contributed by atoms with E-state index in [1.54, 1.807) is 0 Å². The fourth-order valence-electron chi connectivity index (χ4n) is 2.34. The van der Waals surface area contributed by atoms with Crippen LogP contribution in [0.1, 0.15) is 25.7 Å². The van der Waals surface area contributed by atoms with Crippen molar-refractivity contribution < 1.29 is 4.74 Å². The summed E-state index contributed by atoms with van der Waals surface area (Å²) in [5.41, 5.74) is 7.73. The summed E-state index contributed by atoms with van der Waals surface area (Å²) in [6, 6.07) is 14.3. The summed E-state index contributed by atoms with van der Waals surface area (Å²) in [4.78, 5) is 0. The maximum absolute atomic E-state index is 6.01. The summed E-state index contributed by atoms with van der Waals surface area (Å²) in [6.07, 6.45) is 4.50. The maximum atomic E-state index is 6.01. The van der Waals surface area contributed by atoms with Gasteiger partial charge < -0.3 is 10.5 Å². The maximum Gasteiger partial charge on any atom is 0.127 e. The molecule has 0 aliphatic heterocycles. The van der Waals surface area contributed by atoms with Gasteiger partial charge in [-0.15, -0.1) is 0 Å². The van der Waals surface area contributed by atoms with E-state index in [4.69, 9.17) is 10.5 Å². The van der Waals surface area contributed by atoms with Crippen LogP contribution in [-0.2, 0) is 0 Å². The molecule has 0 amide bonds. The van der Waals surface area contributed by atoms with Gasteiger partial charge in [0.05, 0.1) is 6.61 Å². The minimum Gasteiger partial charge on any atom is -0.493 e. The number of hydrogen-bond acceptors (Lipinski definition) is 2. The molecule has 0 saturated heterocycles. The van der Waals surface area contributed by atoms with E-state index in [2.05, 4.69) is 37.9 Å². The fraction of sp³-hybridized carbons (Fsp3) is 0.333. The van der Waals surface area contributed by atoms with Gasteiger partial charge in [0, 0.05) is 20.1 Å². The van der Waals surface area contributed by atoms with Crippen LogP contribution in [0.3, 0.4) is 0 Å². The lowest BCUT2D eigenvalue weighted by atomic mass is 10.0. The van der Waals surface area contributed by atoms with Crippen LogP contribution in [0.4, 0.5) is 0 Å². The molecule has 0 aliphatic carbocycles. The Morgan fingerprint density at radius 1 is 0.818 bits per heavy atom. The van der Waals surface area contributed by atoms with Gasteiger partial charge in [-0.2, -0.15) is 0 Å². The zero-order chi connectivity index (χ0) is 15.8. The third-order valence-electron chi connectivity index (χ3n) is 3.48. The summed E-state index contributed by atoms with van der Waals surface area (Å²) >= 11 is 7.26. The molecule has 22 heavy (non-hydrogen) atoms. The molecule has 0 radical (unpaired) electrons. The molecule has 0 heterocycles. The van der Waals surface area contributed by atoms with E-state index in [1.165, 1.54) is 6.42 Å². The molecule has 0 aromatic heterocycles. The smallest absolute Gasteiger partial charge is 0.127 e. The van der Waals surface area contributed by atoms with E-state index < -0.39 is 0 Å². The topological polar surface area (TPSA) is 35.2 Å². The van der Waals surface area contributed by atoms with Gasteiger partial charge in [-0.05, 0) is 37.6 Å². The van der Waals surface area contributed by atoms with Gasteiger partial charge in [-0.1, -0.05) is 69.0 Å². The van der Waals surface area contributed by atoms with Gasteiger partial charge in [-0.3, -0.25) is 0 Å². The first-order valence-corrected chi connectivity index (χ1v) is 9.19. The van der Waals surface area contributed by atoms with Crippen LogP contribution in [0.2, 0.25) is 0 Å². The second kappa shape index (κ2) is 9.33. The number of para-hydroxylation sites is 1. The zero-order valence-electron chi connectivity index (χ0n) is 12.5. The van der Waals surface area contributed by atoms with Crippen molar-refractivity contribution in [3.8, 4) is 16.9 Å². The molecule has 2 aromatic rings. The second-order valence-electron chi connectivity index (χ2n) is 5.14. The number of nitrogens with two attached hydrogens (primary N) is 1. The van der Waals surface area contributed by atoms with Crippen molar-refractivity contribution in [1.82, 2.24) is 0 Å². The molecule has 0 saturated carbocycles. The Morgan fingerprint density at radius 3 is 2.23 bits per heavy atom. The van der Waals surface area contributed by atoms with E-state index in [0.717, 1.165) is 58.2 Å². The Labute approximate surface area is 149 Å². The summed E-state index contributed by atoms with van der Waals surface area (Å²) < 4.78 is 8.12. The first-order chi connectivity index (χ1) is 10.7. The number of rotatable bonds is 8. The summed E-state index contributed by atoms with van der Waals surface area (Å²) in [5, 5.41) is 0.